The zero-order valence-corrected chi connectivity index (χ0v) is 13.2. The molecule has 0 atom stereocenters. The highest BCUT2D eigenvalue weighted by Crippen LogP contribution is 2.32. The number of carbonyl (C=O) groups is 1. The molecule has 0 saturated heterocycles. The van der Waals surface area contributed by atoms with Crippen molar-refractivity contribution in [1.82, 2.24) is 20.5 Å². The van der Waals surface area contributed by atoms with Gasteiger partial charge < -0.3 is 5.32 Å². The number of aryl methyl sites for hydroxylation is 1. The summed E-state index contributed by atoms with van der Waals surface area (Å²) >= 11 is 8.13. The molecule has 0 aliphatic carbocycles. The Labute approximate surface area is 125 Å². The van der Waals surface area contributed by atoms with Crippen LogP contribution in [-0.2, 0) is 6.42 Å². The Kier molecular flexibility index (Phi) is 4.90. The van der Waals surface area contributed by atoms with E-state index in [4.69, 9.17) is 0 Å². The third-order valence-electron chi connectivity index (χ3n) is 2.21. The average molecular weight is 394 g/mol. The number of H-pyrrole nitrogens is 1. The number of hydrogen-bond donors (Lipinski definition) is 2. The average Bonchev–Trinajstić information content (AvgIpc) is 2.96. The number of aromatic amines is 1. The van der Waals surface area contributed by atoms with E-state index in [1.807, 2.05) is 0 Å². The Bertz CT molecular complexity index is 506. The van der Waals surface area contributed by atoms with E-state index in [1.54, 1.807) is 6.07 Å². The van der Waals surface area contributed by atoms with E-state index < -0.39 is 0 Å². The molecule has 18 heavy (non-hydrogen) atoms. The maximum atomic E-state index is 11.8. The van der Waals surface area contributed by atoms with Gasteiger partial charge >= 0.3 is 0 Å². The molecule has 0 aliphatic rings. The molecule has 0 aromatic carbocycles. The minimum atomic E-state index is -0.0519. The van der Waals surface area contributed by atoms with Crippen LogP contribution >= 0.6 is 43.2 Å². The minimum Gasteiger partial charge on any atom is -0.351 e. The van der Waals surface area contributed by atoms with Crippen molar-refractivity contribution in [1.29, 1.82) is 0 Å². The molecule has 8 heteroatoms. The van der Waals surface area contributed by atoms with Crippen LogP contribution in [0, 0.1) is 0 Å². The SMILES string of the molecule is O=C(NCCCc1ncn[nH]1)c1cc(Br)c(Br)s1. The second-order valence-electron chi connectivity index (χ2n) is 3.52. The maximum absolute atomic E-state index is 11.8. The summed E-state index contributed by atoms with van der Waals surface area (Å²) in [7, 11) is 0. The predicted molar refractivity (Wildman–Crippen MR) is 76.8 cm³/mol. The third kappa shape index (κ3) is 3.63. The molecule has 96 valence electrons. The molecule has 0 radical (unpaired) electrons. The molecule has 5 nitrogen and oxygen atoms in total. The Morgan fingerprint density at radius 2 is 2.33 bits per heavy atom. The van der Waals surface area contributed by atoms with Crippen LogP contribution < -0.4 is 5.32 Å². The molecule has 0 aliphatic heterocycles. The number of hydrogen-bond acceptors (Lipinski definition) is 4. The molecular weight excluding hydrogens is 384 g/mol. The van der Waals surface area contributed by atoms with Crippen molar-refractivity contribution in [3.8, 4) is 0 Å². The maximum Gasteiger partial charge on any atom is 0.261 e. The van der Waals surface area contributed by atoms with Crippen LogP contribution in [0.25, 0.3) is 0 Å². The van der Waals surface area contributed by atoms with Crippen molar-refractivity contribution >= 4 is 49.1 Å². The first kappa shape index (κ1) is 13.7. The van der Waals surface area contributed by atoms with E-state index in [1.165, 1.54) is 17.7 Å². The van der Waals surface area contributed by atoms with E-state index in [2.05, 4.69) is 52.4 Å². The summed E-state index contributed by atoms with van der Waals surface area (Å²) in [5.41, 5.74) is 0. The van der Waals surface area contributed by atoms with Gasteiger partial charge in [0.2, 0.25) is 0 Å². The first-order valence-electron chi connectivity index (χ1n) is 5.24. The van der Waals surface area contributed by atoms with Gasteiger partial charge in [-0.15, -0.1) is 11.3 Å². The number of rotatable bonds is 5. The van der Waals surface area contributed by atoms with Crippen LogP contribution in [0.2, 0.25) is 0 Å². The summed E-state index contributed by atoms with van der Waals surface area (Å²) in [6.07, 6.45) is 3.08. The minimum absolute atomic E-state index is 0.0519. The van der Waals surface area contributed by atoms with E-state index >= 15 is 0 Å². The molecule has 2 aromatic heterocycles. The molecule has 2 heterocycles. The second kappa shape index (κ2) is 6.44. The van der Waals surface area contributed by atoms with Crippen molar-refractivity contribution in [2.24, 2.45) is 0 Å². The number of nitrogens with one attached hydrogen (secondary N) is 2. The largest absolute Gasteiger partial charge is 0.351 e. The van der Waals surface area contributed by atoms with Crippen LogP contribution in [0.4, 0.5) is 0 Å². The fourth-order valence-corrected chi connectivity index (χ4v) is 3.31. The van der Waals surface area contributed by atoms with Gasteiger partial charge in [-0.25, -0.2) is 4.98 Å². The highest BCUT2D eigenvalue weighted by molar-refractivity contribution is 9.13. The number of carbonyl (C=O) groups excluding carboxylic acids is 1. The number of thiophene rings is 1. The lowest BCUT2D eigenvalue weighted by molar-refractivity contribution is 0.0957. The van der Waals surface area contributed by atoms with Crippen LogP contribution in [0.1, 0.15) is 21.9 Å². The lowest BCUT2D eigenvalue weighted by Gasteiger charge is -2.01. The monoisotopic (exact) mass is 392 g/mol. The van der Waals surface area contributed by atoms with E-state index in [0.717, 1.165) is 26.9 Å². The molecule has 0 bridgehead atoms. The molecule has 2 rings (SSSR count). The number of halogens is 2. The zero-order chi connectivity index (χ0) is 13.0. The van der Waals surface area contributed by atoms with Gasteiger partial charge in [-0.3, -0.25) is 9.89 Å². The van der Waals surface area contributed by atoms with Gasteiger partial charge in [0.05, 0.1) is 8.66 Å². The predicted octanol–water partition coefficient (Wildman–Crippen LogP) is 2.75. The highest BCUT2D eigenvalue weighted by Gasteiger charge is 2.11. The van der Waals surface area contributed by atoms with E-state index in [9.17, 15) is 4.79 Å². The Balaban J connectivity index is 1.75. The summed E-state index contributed by atoms with van der Waals surface area (Å²) in [6.45, 7) is 0.618. The topological polar surface area (TPSA) is 70.7 Å². The second-order valence-corrected chi connectivity index (χ2v) is 6.75. The normalized spacial score (nSPS) is 10.6. The summed E-state index contributed by atoms with van der Waals surface area (Å²) in [5, 5.41) is 9.42. The fourth-order valence-electron chi connectivity index (χ4n) is 1.35. The smallest absolute Gasteiger partial charge is 0.261 e. The number of nitrogens with zero attached hydrogens (tertiary/aromatic N) is 2. The number of amides is 1. The van der Waals surface area contributed by atoms with Crippen LogP contribution in [0.3, 0.4) is 0 Å². The lowest BCUT2D eigenvalue weighted by Crippen LogP contribution is -2.23. The summed E-state index contributed by atoms with van der Waals surface area (Å²) in [4.78, 5) is 16.5. The van der Waals surface area contributed by atoms with Gasteiger partial charge in [0.25, 0.3) is 5.91 Å². The molecule has 0 spiro atoms. The molecule has 0 unspecified atom stereocenters. The Morgan fingerprint density at radius 3 is 2.94 bits per heavy atom. The molecular formula is C10H10Br2N4OS. The van der Waals surface area contributed by atoms with Crippen molar-refractivity contribution in [2.75, 3.05) is 6.54 Å². The molecule has 2 aromatic rings. The third-order valence-corrected chi connectivity index (χ3v) is 5.46. The Morgan fingerprint density at radius 1 is 1.50 bits per heavy atom. The van der Waals surface area contributed by atoms with Crippen molar-refractivity contribution in [3.05, 3.63) is 31.4 Å². The lowest BCUT2D eigenvalue weighted by atomic mass is 10.3. The first-order chi connectivity index (χ1) is 8.66. The number of aromatic nitrogens is 3. The Hall–Kier alpha value is -0.730. The van der Waals surface area contributed by atoms with E-state index in [0.29, 0.717) is 11.4 Å². The van der Waals surface area contributed by atoms with Crippen molar-refractivity contribution < 1.29 is 4.79 Å². The van der Waals surface area contributed by atoms with Gasteiger partial charge in [0.1, 0.15) is 12.2 Å². The molecule has 2 N–H and O–H groups in total. The first-order valence-corrected chi connectivity index (χ1v) is 7.64. The van der Waals surface area contributed by atoms with Crippen LogP contribution in [-0.4, -0.2) is 27.6 Å². The summed E-state index contributed by atoms with van der Waals surface area (Å²) < 4.78 is 1.83. The van der Waals surface area contributed by atoms with Gasteiger partial charge in [0.15, 0.2) is 0 Å². The van der Waals surface area contributed by atoms with E-state index in [-0.39, 0.29) is 5.91 Å². The highest BCUT2D eigenvalue weighted by atomic mass is 79.9. The molecule has 0 saturated carbocycles. The summed E-state index contributed by atoms with van der Waals surface area (Å²) in [5.74, 6) is 0.787. The van der Waals surface area contributed by atoms with Gasteiger partial charge in [-0.2, -0.15) is 5.10 Å². The molecule has 1 amide bonds. The quantitative estimate of drug-likeness (QED) is 0.767. The van der Waals surface area contributed by atoms with Crippen LogP contribution in [0.15, 0.2) is 20.7 Å². The zero-order valence-electron chi connectivity index (χ0n) is 9.24. The van der Waals surface area contributed by atoms with Crippen molar-refractivity contribution in [3.63, 3.8) is 0 Å². The van der Waals surface area contributed by atoms with Crippen molar-refractivity contribution in [2.45, 2.75) is 12.8 Å². The summed E-state index contributed by atoms with van der Waals surface area (Å²) in [6, 6.07) is 1.81. The van der Waals surface area contributed by atoms with Gasteiger partial charge in [-0.1, -0.05) is 0 Å². The standard InChI is InChI=1S/C10H10Br2N4OS/c11-6-4-7(18-9(6)12)10(17)13-3-1-2-8-14-5-15-16-8/h4-5H,1-3H2,(H,13,17)(H,14,15,16). The van der Waals surface area contributed by atoms with Crippen LogP contribution in [0.5, 0.6) is 0 Å². The fraction of sp³-hybridized carbons (Fsp3) is 0.300. The van der Waals surface area contributed by atoms with Gasteiger partial charge in [0, 0.05) is 17.4 Å². The molecule has 0 fully saturated rings. The van der Waals surface area contributed by atoms with Gasteiger partial charge in [-0.05, 0) is 44.3 Å².